The minimum absolute atomic E-state index is 0.508. The number of nitriles is 1. The molecule has 2 rings (SSSR count). The van der Waals surface area contributed by atoms with Gasteiger partial charge < -0.3 is 15.5 Å². The number of nitrogens with two attached hydrogens (primary N) is 1. The highest BCUT2D eigenvalue weighted by Crippen LogP contribution is 2.23. The van der Waals surface area contributed by atoms with E-state index in [2.05, 4.69) is 27.9 Å². The van der Waals surface area contributed by atoms with Gasteiger partial charge in [0.2, 0.25) is 0 Å². The summed E-state index contributed by atoms with van der Waals surface area (Å²) in [6, 6.07) is 3.74. The zero-order chi connectivity index (χ0) is 13.8. The monoisotopic (exact) mass is 259 g/mol. The van der Waals surface area contributed by atoms with E-state index in [1.54, 1.807) is 12.3 Å². The van der Waals surface area contributed by atoms with E-state index in [1.807, 2.05) is 7.05 Å². The van der Waals surface area contributed by atoms with E-state index in [-0.39, 0.29) is 0 Å². The molecule has 0 atom stereocenters. The number of rotatable bonds is 3. The molecule has 102 valence electrons. The first kappa shape index (κ1) is 13.6. The summed E-state index contributed by atoms with van der Waals surface area (Å²) in [5.41, 5.74) is 7.05. The van der Waals surface area contributed by atoms with Crippen molar-refractivity contribution in [3.05, 3.63) is 17.8 Å². The molecule has 1 saturated heterocycles. The molecule has 1 aliphatic heterocycles. The molecule has 1 aliphatic rings. The fourth-order valence-electron chi connectivity index (χ4n) is 2.57. The first-order valence-electron chi connectivity index (χ1n) is 6.65. The van der Waals surface area contributed by atoms with E-state index in [4.69, 9.17) is 11.0 Å². The number of hydrogen-bond acceptors (Lipinski definition) is 5. The van der Waals surface area contributed by atoms with Crippen molar-refractivity contribution in [2.45, 2.75) is 12.8 Å². The largest absolute Gasteiger partial charge is 0.396 e. The number of pyridine rings is 1. The Morgan fingerprint density at radius 3 is 2.79 bits per heavy atom. The van der Waals surface area contributed by atoms with Crippen LogP contribution in [0.1, 0.15) is 18.4 Å². The SMILES string of the molecule is CN1CCC(CN(C)c2ncc(C#N)cc2N)CC1. The average Bonchev–Trinajstić information content (AvgIpc) is 2.41. The van der Waals surface area contributed by atoms with Crippen LogP contribution in [0.4, 0.5) is 11.5 Å². The van der Waals surface area contributed by atoms with Gasteiger partial charge in [-0.05, 0) is 45.0 Å². The number of aromatic nitrogens is 1. The topological polar surface area (TPSA) is 69.2 Å². The van der Waals surface area contributed by atoms with Crippen molar-refractivity contribution in [1.29, 1.82) is 5.26 Å². The van der Waals surface area contributed by atoms with Crippen LogP contribution < -0.4 is 10.6 Å². The predicted molar refractivity (Wildman–Crippen MR) is 76.9 cm³/mol. The lowest BCUT2D eigenvalue weighted by atomic mass is 9.96. The van der Waals surface area contributed by atoms with Crippen LogP contribution in [0.2, 0.25) is 0 Å². The van der Waals surface area contributed by atoms with E-state index in [1.165, 1.54) is 12.8 Å². The van der Waals surface area contributed by atoms with Gasteiger partial charge in [-0.3, -0.25) is 0 Å². The van der Waals surface area contributed by atoms with Crippen LogP contribution in [-0.4, -0.2) is 43.6 Å². The summed E-state index contributed by atoms with van der Waals surface area (Å²) in [7, 11) is 4.18. The Balaban J connectivity index is 2.00. The fraction of sp³-hybridized carbons (Fsp3) is 0.571. The number of nitrogen functional groups attached to an aromatic ring is 1. The van der Waals surface area contributed by atoms with Gasteiger partial charge in [0.1, 0.15) is 6.07 Å². The molecular formula is C14H21N5. The molecule has 2 heterocycles. The van der Waals surface area contributed by atoms with E-state index >= 15 is 0 Å². The molecule has 2 N–H and O–H groups in total. The summed E-state index contributed by atoms with van der Waals surface area (Å²) < 4.78 is 0. The smallest absolute Gasteiger partial charge is 0.151 e. The maximum absolute atomic E-state index is 8.81. The van der Waals surface area contributed by atoms with Crippen molar-refractivity contribution in [2.75, 3.05) is 44.4 Å². The molecule has 0 radical (unpaired) electrons. The summed E-state index contributed by atoms with van der Waals surface area (Å²) in [5.74, 6) is 1.47. The molecular weight excluding hydrogens is 238 g/mol. The van der Waals surface area contributed by atoms with E-state index < -0.39 is 0 Å². The summed E-state index contributed by atoms with van der Waals surface area (Å²) in [6.07, 6.45) is 4.02. The first-order valence-corrected chi connectivity index (χ1v) is 6.65. The molecule has 1 aromatic rings. The van der Waals surface area contributed by atoms with Crippen LogP contribution >= 0.6 is 0 Å². The third-order valence-corrected chi connectivity index (χ3v) is 3.76. The maximum atomic E-state index is 8.81. The molecule has 5 nitrogen and oxygen atoms in total. The van der Waals surface area contributed by atoms with Gasteiger partial charge in [-0.2, -0.15) is 5.26 Å². The molecule has 1 aromatic heterocycles. The minimum Gasteiger partial charge on any atom is -0.396 e. The molecule has 0 saturated carbocycles. The lowest BCUT2D eigenvalue weighted by molar-refractivity contribution is 0.222. The van der Waals surface area contributed by atoms with Crippen molar-refractivity contribution < 1.29 is 0 Å². The molecule has 0 aromatic carbocycles. The number of piperidine rings is 1. The number of likely N-dealkylation sites (tertiary alicyclic amines) is 1. The highest BCUT2D eigenvalue weighted by Gasteiger charge is 2.19. The van der Waals surface area contributed by atoms with Gasteiger partial charge >= 0.3 is 0 Å². The van der Waals surface area contributed by atoms with Crippen molar-refractivity contribution >= 4 is 11.5 Å². The third kappa shape index (κ3) is 3.36. The lowest BCUT2D eigenvalue weighted by Gasteiger charge is -2.32. The quantitative estimate of drug-likeness (QED) is 0.886. The highest BCUT2D eigenvalue weighted by molar-refractivity contribution is 5.64. The van der Waals surface area contributed by atoms with Crippen molar-refractivity contribution in [3.8, 4) is 6.07 Å². The zero-order valence-electron chi connectivity index (χ0n) is 11.6. The second-order valence-electron chi connectivity index (χ2n) is 5.38. The van der Waals surface area contributed by atoms with Crippen LogP contribution in [0.5, 0.6) is 0 Å². The zero-order valence-corrected chi connectivity index (χ0v) is 11.6. The standard InChI is InChI=1S/C14H21N5/c1-18-5-3-11(4-6-18)10-19(2)14-13(16)7-12(8-15)9-17-14/h7,9,11H,3-6,10,16H2,1-2H3. The van der Waals surface area contributed by atoms with E-state index in [9.17, 15) is 0 Å². The van der Waals surface area contributed by atoms with Crippen molar-refractivity contribution in [1.82, 2.24) is 9.88 Å². The normalized spacial score (nSPS) is 17.1. The van der Waals surface area contributed by atoms with Crippen molar-refractivity contribution in [2.24, 2.45) is 5.92 Å². The first-order chi connectivity index (χ1) is 9.10. The number of nitrogens with zero attached hydrogens (tertiary/aromatic N) is 4. The number of anilines is 2. The van der Waals surface area contributed by atoms with E-state index in [0.717, 1.165) is 25.5 Å². The van der Waals surface area contributed by atoms with Crippen LogP contribution in [0, 0.1) is 17.2 Å². The molecule has 1 fully saturated rings. The summed E-state index contributed by atoms with van der Waals surface area (Å²) in [4.78, 5) is 8.77. The molecule has 0 amide bonds. The van der Waals surface area contributed by atoms with Gasteiger partial charge in [0.25, 0.3) is 0 Å². The Kier molecular flexibility index (Phi) is 4.23. The van der Waals surface area contributed by atoms with Crippen LogP contribution in [0.25, 0.3) is 0 Å². The molecule has 0 aliphatic carbocycles. The van der Waals surface area contributed by atoms with E-state index in [0.29, 0.717) is 17.2 Å². The van der Waals surface area contributed by atoms with Crippen LogP contribution in [-0.2, 0) is 0 Å². The lowest BCUT2D eigenvalue weighted by Crippen LogP contribution is -2.36. The van der Waals surface area contributed by atoms with Crippen LogP contribution in [0.3, 0.4) is 0 Å². The molecule has 0 unspecified atom stereocenters. The Morgan fingerprint density at radius 2 is 2.21 bits per heavy atom. The van der Waals surface area contributed by atoms with Gasteiger partial charge in [-0.1, -0.05) is 0 Å². The predicted octanol–water partition coefficient (Wildman–Crippen LogP) is 1.31. The summed E-state index contributed by atoms with van der Waals surface area (Å²) in [6.45, 7) is 3.29. The Morgan fingerprint density at radius 1 is 1.53 bits per heavy atom. The molecule has 0 bridgehead atoms. The van der Waals surface area contributed by atoms with Gasteiger partial charge in [-0.15, -0.1) is 0 Å². The second-order valence-corrected chi connectivity index (χ2v) is 5.38. The average molecular weight is 259 g/mol. The molecule has 19 heavy (non-hydrogen) atoms. The van der Waals surface area contributed by atoms with Gasteiger partial charge in [0.05, 0.1) is 11.3 Å². The second kappa shape index (κ2) is 5.89. The minimum atomic E-state index is 0.508. The Hall–Kier alpha value is -1.80. The molecule has 5 heteroatoms. The maximum Gasteiger partial charge on any atom is 0.151 e. The summed E-state index contributed by atoms with van der Waals surface area (Å²) in [5, 5.41) is 8.81. The van der Waals surface area contributed by atoms with Gasteiger partial charge in [0.15, 0.2) is 5.82 Å². The van der Waals surface area contributed by atoms with Crippen LogP contribution in [0.15, 0.2) is 12.3 Å². The molecule has 0 spiro atoms. The van der Waals surface area contributed by atoms with Gasteiger partial charge in [0, 0.05) is 19.8 Å². The Labute approximate surface area is 114 Å². The summed E-state index contributed by atoms with van der Waals surface area (Å²) >= 11 is 0. The third-order valence-electron chi connectivity index (χ3n) is 3.76. The highest BCUT2D eigenvalue weighted by atomic mass is 15.2. The van der Waals surface area contributed by atoms with Crippen molar-refractivity contribution in [3.63, 3.8) is 0 Å². The number of hydrogen-bond donors (Lipinski definition) is 1. The Bertz CT molecular complexity index is 471. The fourth-order valence-corrected chi connectivity index (χ4v) is 2.57. The van der Waals surface area contributed by atoms with Gasteiger partial charge in [-0.25, -0.2) is 4.98 Å².